The van der Waals surface area contributed by atoms with Crippen LogP contribution in [0.5, 0.6) is 0 Å². The van der Waals surface area contributed by atoms with E-state index in [4.69, 9.17) is 9.15 Å². The average molecular weight is 282 g/mol. The summed E-state index contributed by atoms with van der Waals surface area (Å²) in [6.07, 6.45) is 0.0595. The molecule has 1 heterocycles. The van der Waals surface area contributed by atoms with E-state index < -0.39 is 5.63 Å². The zero-order valence-electron chi connectivity index (χ0n) is 11.6. The van der Waals surface area contributed by atoms with Gasteiger partial charge in [0.2, 0.25) is 0 Å². The Bertz CT molecular complexity index is 877. The molecule has 0 aliphatic heterocycles. The molecule has 0 saturated carbocycles. The summed E-state index contributed by atoms with van der Waals surface area (Å²) in [5.41, 5.74) is 0.661. The van der Waals surface area contributed by atoms with Crippen molar-refractivity contribution in [2.24, 2.45) is 0 Å². The minimum absolute atomic E-state index is 0.0595. The normalized spacial score (nSPS) is 10.9. The lowest BCUT2D eigenvalue weighted by Gasteiger charge is -2.08. The largest absolute Gasteiger partial charge is 0.466 e. The predicted octanol–water partition coefficient (Wildman–Crippen LogP) is 3.05. The lowest BCUT2D eigenvalue weighted by atomic mass is 10.0. The fraction of sp³-hybridized carbons (Fsp3) is 0.176. The van der Waals surface area contributed by atoms with E-state index in [1.165, 1.54) is 6.07 Å². The summed E-state index contributed by atoms with van der Waals surface area (Å²) < 4.78 is 10.2. The Hall–Kier alpha value is -2.62. The SMILES string of the molecule is CCOC(=O)Cc1cc(=O)oc2ccc3ccccc3c12. The van der Waals surface area contributed by atoms with Gasteiger partial charge in [-0.15, -0.1) is 0 Å². The zero-order valence-corrected chi connectivity index (χ0v) is 11.6. The second-order valence-corrected chi connectivity index (χ2v) is 4.73. The molecule has 0 N–H and O–H groups in total. The molecule has 0 unspecified atom stereocenters. The average Bonchev–Trinajstić information content (AvgIpc) is 2.46. The first-order valence-electron chi connectivity index (χ1n) is 6.79. The van der Waals surface area contributed by atoms with Crippen LogP contribution in [-0.4, -0.2) is 12.6 Å². The van der Waals surface area contributed by atoms with E-state index in [9.17, 15) is 9.59 Å². The molecule has 0 atom stereocenters. The second-order valence-electron chi connectivity index (χ2n) is 4.73. The van der Waals surface area contributed by atoms with Gasteiger partial charge in [0, 0.05) is 11.5 Å². The highest BCUT2D eigenvalue weighted by Crippen LogP contribution is 2.27. The van der Waals surface area contributed by atoms with Gasteiger partial charge in [-0.05, 0) is 29.3 Å². The highest BCUT2D eigenvalue weighted by atomic mass is 16.5. The molecule has 0 bridgehead atoms. The van der Waals surface area contributed by atoms with Gasteiger partial charge in [0.15, 0.2) is 0 Å². The standard InChI is InChI=1S/C17H14O4/c1-2-20-15(18)9-12-10-16(19)21-14-8-7-11-5-3-4-6-13(11)17(12)14/h3-8,10H,2,9H2,1H3. The molecular formula is C17H14O4. The summed E-state index contributed by atoms with van der Waals surface area (Å²) in [4.78, 5) is 23.4. The van der Waals surface area contributed by atoms with Gasteiger partial charge >= 0.3 is 11.6 Å². The minimum atomic E-state index is -0.461. The molecule has 106 valence electrons. The highest BCUT2D eigenvalue weighted by molar-refractivity contribution is 6.07. The molecule has 1 aromatic heterocycles. The molecule has 2 aromatic carbocycles. The number of esters is 1. The number of hydrogen-bond acceptors (Lipinski definition) is 4. The topological polar surface area (TPSA) is 56.5 Å². The number of benzene rings is 2. The van der Waals surface area contributed by atoms with E-state index in [-0.39, 0.29) is 12.4 Å². The van der Waals surface area contributed by atoms with Crippen molar-refractivity contribution in [2.75, 3.05) is 6.61 Å². The number of ether oxygens (including phenoxy) is 1. The van der Waals surface area contributed by atoms with E-state index in [1.54, 1.807) is 13.0 Å². The third kappa shape index (κ3) is 2.52. The smallest absolute Gasteiger partial charge is 0.336 e. The predicted molar refractivity (Wildman–Crippen MR) is 80.3 cm³/mol. The van der Waals surface area contributed by atoms with Crippen molar-refractivity contribution < 1.29 is 13.9 Å². The minimum Gasteiger partial charge on any atom is -0.466 e. The Morgan fingerprint density at radius 1 is 1.19 bits per heavy atom. The first-order chi connectivity index (χ1) is 10.2. The van der Waals surface area contributed by atoms with Crippen molar-refractivity contribution >= 4 is 27.7 Å². The van der Waals surface area contributed by atoms with Crippen LogP contribution in [0.25, 0.3) is 21.7 Å². The van der Waals surface area contributed by atoms with E-state index in [1.807, 2.05) is 30.3 Å². The molecule has 0 amide bonds. The summed E-state index contributed by atoms with van der Waals surface area (Å²) in [6, 6.07) is 12.8. The van der Waals surface area contributed by atoms with Gasteiger partial charge in [-0.2, -0.15) is 0 Å². The van der Waals surface area contributed by atoms with Crippen LogP contribution >= 0.6 is 0 Å². The summed E-state index contributed by atoms with van der Waals surface area (Å²) in [7, 11) is 0. The van der Waals surface area contributed by atoms with Crippen molar-refractivity contribution in [2.45, 2.75) is 13.3 Å². The quantitative estimate of drug-likeness (QED) is 0.421. The Labute approximate surface area is 120 Å². The van der Waals surface area contributed by atoms with E-state index >= 15 is 0 Å². The monoisotopic (exact) mass is 282 g/mol. The first-order valence-corrected chi connectivity index (χ1v) is 6.79. The maximum Gasteiger partial charge on any atom is 0.336 e. The van der Waals surface area contributed by atoms with Crippen LogP contribution in [0.1, 0.15) is 12.5 Å². The van der Waals surface area contributed by atoms with Crippen LogP contribution in [0.3, 0.4) is 0 Å². The second kappa shape index (κ2) is 5.40. The van der Waals surface area contributed by atoms with Crippen molar-refractivity contribution in [3.05, 3.63) is 58.4 Å². The number of carbonyl (C=O) groups is 1. The Balaban J connectivity index is 2.28. The molecule has 0 fully saturated rings. The van der Waals surface area contributed by atoms with Gasteiger partial charge in [0.05, 0.1) is 13.0 Å². The molecule has 4 nitrogen and oxygen atoms in total. The zero-order chi connectivity index (χ0) is 14.8. The van der Waals surface area contributed by atoms with Crippen LogP contribution in [0.4, 0.5) is 0 Å². The molecule has 0 radical (unpaired) electrons. The van der Waals surface area contributed by atoms with Gasteiger partial charge in [0.1, 0.15) is 5.58 Å². The first kappa shape index (κ1) is 13.4. The van der Waals surface area contributed by atoms with Crippen molar-refractivity contribution in [3.63, 3.8) is 0 Å². The molecule has 4 heteroatoms. The summed E-state index contributed by atoms with van der Waals surface area (Å²) in [5, 5.41) is 2.78. The summed E-state index contributed by atoms with van der Waals surface area (Å²) >= 11 is 0. The van der Waals surface area contributed by atoms with Crippen LogP contribution in [0.15, 0.2) is 51.7 Å². The number of carbonyl (C=O) groups excluding carboxylic acids is 1. The molecule has 3 aromatic rings. The molecule has 3 rings (SSSR count). The third-order valence-corrected chi connectivity index (χ3v) is 3.35. The number of rotatable bonds is 3. The van der Waals surface area contributed by atoms with Crippen molar-refractivity contribution in [1.82, 2.24) is 0 Å². The summed E-state index contributed by atoms with van der Waals surface area (Å²) in [6.45, 7) is 2.07. The van der Waals surface area contributed by atoms with Gasteiger partial charge in [-0.3, -0.25) is 4.79 Å². The van der Waals surface area contributed by atoms with Crippen LogP contribution in [0, 0.1) is 0 Å². The van der Waals surface area contributed by atoms with Crippen LogP contribution in [-0.2, 0) is 16.0 Å². The van der Waals surface area contributed by atoms with Crippen LogP contribution < -0.4 is 5.63 Å². The summed E-state index contributed by atoms with van der Waals surface area (Å²) in [5.74, 6) is -0.350. The van der Waals surface area contributed by atoms with Gasteiger partial charge in [0.25, 0.3) is 0 Å². The number of hydrogen-bond donors (Lipinski definition) is 0. The van der Waals surface area contributed by atoms with Crippen molar-refractivity contribution in [3.8, 4) is 0 Å². The molecule has 0 aliphatic rings. The molecule has 21 heavy (non-hydrogen) atoms. The van der Waals surface area contributed by atoms with Crippen molar-refractivity contribution in [1.29, 1.82) is 0 Å². The van der Waals surface area contributed by atoms with Gasteiger partial charge in [-0.25, -0.2) is 4.79 Å². The molecular weight excluding hydrogens is 268 g/mol. The maximum atomic E-state index is 11.7. The van der Waals surface area contributed by atoms with Gasteiger partial charge < -0.3 is 9.15 Å². The molecule has 0 spiro atoms. The fourth-order valence-corrected chi connectivity index (χ4v) is 2.53. The maximum absolute atomic E-state index is 11.7. The molecule has 0 saturated heterocycles. The Morgan fingerprint density at radius 3 is 2.81 bits per heavy atom. The van der Waals surface area contributed by atoms with E-state index in [0.717, 1.165) is 16.2 Å². The van der Waals surface area contributed by atoms with E-state index in [2.05, 4.69) is 0 Å². The number of fused-ring (bicyclic) bond motifs is 3. The lowest BCUT2D eigenvalue weighted by molar-refractivity contribution is -0.142. The third-order valence-electron chi connectivity index (χ3n) is 3.35. The van der Waals surface area contributed by atoms with Gasteiger partial charge in [-0.1, -0.05) is 30.3 Å². The lowest BCUT2D eigenvalue weighted by Crippen LogP contribution is -2.10. The Kier molecular flexibility index (Phi) is 3.44. The van der Waals surface area contributed by atoms with Crippen LogP contribution in [0.2, 0.25) is 0 Å². The Morgan fingerprint density at radius 2 is 2.00 bits per heavy atom. The fourth-order valence-electron chi connectivity index (χ4n) is 2.53. The van der Waals surface area contributed by atoms with E-state index in [0.29, 0.717) is 17.8 Å². The highest BCUT2D eigenvalue weighted by Gasteiger charge is 2.13. The molecule has 0 aliphatic carbocycles.